The Morgan fingerprint density at radius 1 is 1.19 bits per heavy atom. The van der Waals surface area contributed by atoms with Crippen LogP contribution in [0.15, 0.2) is 18.3 Å². The highest BCUT2D eigenvalue weighted by Gasteiger charge is 2.40. The standard InChI is InChI=1S/C14H16N2O5/c1-8-2-3-9(6-15-8)12(17)16-5-4-10(13(18)19)11(7-16)14(20)21/h2-3,6,10-11H,4-5,7H2,1H3,(H,18,19)(H,20,21). The molecule has 2 unspecified atom stereocenters. The molecule has 2 rings (SSSR count). The quantitative estimate of drug-likeness (QED) is 0.846. The van der Waals surface area contributed by atoms with Crippen molar-refractivity contribution in [2.45, 2.75) is 13.3 Å². The third kappa shape index (κ3) is 3.18. The van der Waals surface area contributed by atoms with E-state index in [9.17, 15) is 14.4 Å². The van der Waals surface area contributed by atoms with Gasteiger partial charge in [0.15, 0.2) is 0 Å². The van der Waals surface area contributed by atoms with E-state index in [2.05, 4.69) is 4.98 Å². The van der Waals surface area contributed by atoms with Crippen molar-refractivity contribution in [3.63, 3.8) is 0 Å². The lowest BCUT2D eigenvalue weighted by atomic mass is 9.85. The highest BCUT2D eigenvalue weighted by molar-refractivity contribution is 5.94. The summed E-state index contributed by atoms with van der Waals surface area (Å²) in [4.78, 5) is 40.0. The zero-order valence-electron chi connectivity index (χ0n) is 11.5. The summed E-state index contributed by atoms with van der Waals surface area (Å²) in [6.07, 6.45) is 1.58. The summed E-state index contributed by atoms with van der Waals surface area (Å²) in [7, 11) is 0. The molecule has 1 aromatic heterocycles. The van der Waals surface area contributed by atoms with E-state index in [1.165, 1.54) is 11.1 Å². The first-order valence-corrected chi connectivity index (χ1v) is 6.57. The van der Waals surface area contributed by atoms with Crippen molar-refractivity contribution in [2.24, 2.45) is 11.8 Å². The van der Waals surface area contributed by atoms with Gasteiger partial charge >= 0.3 is 11.9 Å². The number of amides is 1. The third-order valence-electron chi connectivity index (χ3n) is 3.69. The molecule has 2 atom stereocenters. The SMILES string of the molecule is Cc1ccc(C(=O)N2CCC(C(=O)O)C(C(=O)O)C2)cn1. The summed E-state index contributed by atoms with van der Waals surface area (Å²) in [5, 5.41) is 18.2. The molecular weight excluding hydrogens is 276 g/mol. The van der Waals surface area contributed by atoms with Gasteiger partial charge in [-0.1, -0.05) is 0 Å². The van der Waals surface area contributed by atoms with Crippen molar-refractivity contribution in [3.8, 4) is 0 Å². The second kappa shape index (κ2) is 5.90. The van der Waals surface area contributed by atoms with Gasteiger partial charge in [-0.15, -0.1) is 0 Å². The van der Waals surface area contributed by atoms with E-state index >= 15 is 0 Å². The van der Waals surface area contributed by atoms with Crippen molar-refractivity contribution in [2.75, 3.05) is 13.1 Å². The van der Waals surface area contributed by atoms with Crippen molar-refractivity contribution in [1.29, 1.82) is 0 Å². The van der Waals surface area contributed by atoms with E-state index in [-0.39, 0.29) is 25.4 Å². The van der Waals surface area contributed by atoms with Gasteiger partial charge in [0, 0.05) is 25.0 Å². The van der Waals surface area contributed by atoms with E-state index in [4.69, 9.17) is 10.2 Å². The Labute approximate surface area is 121 Å². The Morgan fingerprint density at radius 2 is 1.86 bits per heavy atom. The van der Waals surface area contributed by atoms with Crippen LogP contribution < -0.4 is 0 Å². The lowest BCUT2D eigenvalue weighted by Gasteiger charge is -2.34. The Bertz CT molecular complexity index is 569. The van der Waals surface area contributed by atoms with Gasteiger partial charge in [-0.3, -0.25) is 19.4 Å². The molecule has 2 N–H and O–H groups in total. The lowest BCUT2D eigenvalue weighted by Crippen LogP contribution is -2.48. The highest BCUT2D eigenvalue weighted by Crippen LogP contribution is 2.25. The average Bonchev–Trinajstić information content (AvgIpc) is 2.46. The van der Waals surface area contributed by atoms with Crippen molar-refractivity contribution >= 4 is 17.8 Å². The van der Waals surface area contributed by atoms with Gasteiger partial charge < -0.3 is 15.1 Å². The lowest BCUT2D eigenvalue weighted by molar-refractivity contribution is -0.156. The number of pyridine rings is 1. The first kappa shape index (κ1) is 15.0. The van der Waals surface area contributed by atoms with Gasteiger partial charge in [0.25, 0.3) is 5.91 Å². The minimum Gasteiger partial charge on any atom is -0.481 e. The van der Waals surface area contributed by atoms with Crippen LogP contribution in [0, 0.1) is 18.8 Å². The molecule has 0 spiro atoms. The number of carbonyl (C=O) groups is 3. The van der Waals surface area contributed by atoms with Crippen LogP contribution in [0.25, 0.3) is 0 Å². The van der Waals surface area contributed by atoms with E-state index in [1.54, 1.807) is 19.1 Å². The van der Waals surface area contributed by atoms with Crippen LogP contribution in [0.5, 0.6) is 0 Å². The van der Waals surface area contributed by atoms with E-state index in [1.807, 2.05) is 0 Å². The van der Waals surface area contributed by atoms with Gasteiger partial charge in [-0.05, 0) is 25.5 Å². The van der Waals surface area contributed by atoms with Crippen LogP contribution in [-0.2, 0) is 9.59 Å². The van der Waals surface area contributed by atoms with E-state index in [0.29, 0.717) is 5.56 Å². The molecule has 1 aliphatic heterocycles. The molecule has 7 nitrogen and oxygen atoms in total. The monoisotopic (exact) mass is 292 g/mol. The van der Waals surface area contributed by atoms with E-state index in [0.717, 1.165) is 5.69 Å². The maximum atomic E-state index is 12.3. The second-order valence-electron chi connectivity index (χ2n) is 5.12. The van der Waals surface area contributed by atoms with Crippen LogP contribution in [0.3, 0.4) is 0 Å². The first-order valence-electron chi connectivity index (χ1n) is 6.57. The largest absolute Gasteiger partial charge is 0.481 e. The number of hydrogen-bond donors (Lipinski definition) is 2. The summed E-state index contributed by atoms with van der Waals surface area (Å²) < 4.78 is 0. The summed E-state index contributed by atoms with van der Waals surface area (Å²) >= 11 is 0. The van der Waals surface area contributed by atoms with Gasteiger partial charge in [0.2, 0.25) is 0 Å². The fraction of sp³-hybridized carbons (Fsp3) is 0.429. The van der Waals surface area contributed by atoms with Gasteiger partial charge in [-0.25, -0.2) is 0 Å². The van der Waals surface area contributed by atoms with Crippen LogP contribution >= 0.6 is 0 Å². The Kier molecular flexibility index (Phi) is 4.21. The molecule has 21 heavy (non-hydrogen) atoms. The molecule has 0 aliphatic carbocycles. The van der Waals surface area contributed by atoms with Crippen LogP contribution in [0.2, 0.25) is 0 Å². The summed E-state index contributed by atoms with van der Waals surface area (Å²) in [6, 6.07) is 3.33. The fourth-order valence-electron chi connectivity index (χ4n) is 2.46. The summed E-state index contributed by atoms with van der Waals surface area (Å²) in [5.41, 5.74) is 1.15. The topological polar surface area (TPSA) is 108 Å². The number of piperidine rings is 1. The summed E-state index contributed by atoms with van der Waals surface area (Å²) in [5.74, 6) is -4.69. The molecule has 0 aromatic carbocycles. The molecule has 1 aromatic rings. The number of aryl methyl sites for hydroxylation is 1. The number of carbonyl (C=O) groups excluding carboxylic acids is 1. The molecule has 1 aliphatic rings. The van der Waals surface area contributed by atoms with Crippen LogP contribution in [0.1, 0.15) is 22.5 Å². The molecule has 2 heterocycles. The molecule has 0 radical (unpaired) electrons. The minimum atomic E-state index is -1.19. The molecule has 7 heteroatoms. The predicted molar refractivity (Wildman–Crippen MR) is 71.7 cm³/mol. The highest BCUT2D eigenvalue weighted by atomic mass is 16.4. The second-order valence-corrected chi connectivity index (χ2v) is 5.12. The zero-order valence-corrected chi connectivity index (χ0v) is 11.5. The van der Waals surface area contributed by atoms with Crippen LogP contribution in [0.4, 0.5) is 0 Å². The van der Waals surface area contributed by atoms with Gasteiger partial charge in [-0.2, -0.15) is 0 Å². The average molecular weight is 292 g/mol. The predicted octanol–water partition coefficient (Wildman–Crippen LogP) is 0.638. The minimum absolute atomic E-state index is 0.0982. The van der Waals surface area contributed by atoms with Crippen molar-refractivity contribution in [3.05, 3.63) is 29.6 Å². The van der Waals surface area contributed by atoms with Gasteiger partial charge in [0.05, 0.1) is 17.4 Å². The summed E-state index contributed by atoms with van der Waals surface area (Å²) in [6.45, 7) is 1.93. The molecule has 1 saturated heterocycles. The smallest absolute Gasteiger partial charge is 0.309 e. The Balaban J connectivity index is 2.15. The molecule has 0 saturated carbocycles. The number of carboxylic acids is 2. The number of rotatable bonds is 3. The number of hydrogen-bond acceptors (Lipinski definition) is 4. The fourth-order valence-corrected chi connectivity index (χ4v) is 2.46. The maximum absolute atomic E-state index is 12.3. The maximum Gasteiger partial charge on any atom is 0.309 e. The number of carboxylic acid groups (broad SMARTS) is 2. The molecular formula is C14H16N2O5. The number of nitrogens with zero attached hydrogens (tertiary/aromatic N) is 2. The number of aliphatic carboxylic acids is 2. The van der Waals surface area contributed by atoms with Crippen molar-refractivity contribution in [1.82, 2.24) is 9.88 Å². The molecule has 0 bridgehead atoms. The van der Waals surface area contributed by atoms with E-state index < -0.39 is 23.8 Å². The first-order chi connectivity index (χ1) is 9.90. The molecule has 112 valence electrons. The van der Waals surface area contributed by atoms with Crippen LogP contribution in [-0.4, -0.2) is 51.0 Å². The Morgan fingerprint density at radius 3 is 2.38 bits per heavy atom. The van der Waals surface area contributed by atoms with Gasteiger partial charge in [0.1, 0.15) is 0 Å². The zero-order chi connectivity index (χ0) is 15.6. The third-order valence-corrected chi connectivity index (χ3v) is 3.69. The normalized spacial score (nSPS) is 21.9. The number of aromatic nitrogens is 1. The van der Waals surface area contributed by atoms with Crippen molar-refractivity contribution < 1.29 is 24.6 Å². The Hall–Kier alpha value is -2.44. The number of likely N-dealkylation sites (tertiary alicyclic amines) is 1. The molecule has 1 amide bonds. The molecule has 1 fully saturated rings.